The van der Waals surface area contributed by atoms with Gasteiger partial charge in [-0.05, 0) is 12.1 Å². The molecule has 2 rings (SSSR count). The van der Waals surface area contributed by atoms with Crippen LogP contribution in [0.15, 0.2) is 22.7 Å². The third kappa shape index (κ3) is 2.34. The quantitative estimate of drug-likeness (QED) is 0.929. The number of nitrogens with zero attached hydrogens (tertiary/aromatic N) is 1. The predicted octanol–water partition coefficient (Wildman–Crippen LogP) is 2.71. The Morgan fingerprint density at radius 3 is 2.63 bits per heavy atom. The van der Waals surface area contributed by atoms with E-state index in [1.54, 1.807) is 12.1 Å². The molecule has 1 heterocycles. The van der Waals surface area contributed by atoms with Crippen LogP contribution in [0.25, 0.3) is 11.3 Å². The SMILES string of the molecule is COc1ccc(Cl)c(-c2cc(C(=O)O)on2)c1OC. The minimum atomic E-state index is -1.21. The van der Waals surface area contributed by atoms with Crippen molar-refractivity contribution < 1.29 is 23.9 Å². The van der Waals surface area contributed by atoms with E-state index in [4.69, 9.17) is 30.7 Å². The van der Waals surface area contributed by atoms with Gasteiger partial charge >= 0.3 is 5.97 Å². The maximum Gasteiger partial charge on any atom is 0.374 e. The molecule has 1 aromatic carbocycles. The zero-order valence-electron chi connectivity index (χ0n) is 10.1. The summed E-state index contributed by atoms with van der Waals surface area (Å²) < 4.78 is 15.1. The van der Waals surface area contributed by atoms with Gasteiger partial charge in [-0.15, -0.1) is 0 Å². The van der Waals surface area contributed by atoms with E-state index in [2.05, 4.69) is 5.16 Å². The molecule has 7 heteroatoms. The Bertz CT molecular complexity index is 623. The van der Waals surface area contributed by atoms with Gasteiger partial charge in [-0.3, -0.25) is 0 Å². The summed E-state index contributed by atoms with van der Waals surface area (Å²) in [6.07, 6.45) is 0. The van der Waals surface area contributed by atoms with Crippen molar-refractivity contribution in [1.82, 2.24) is 5.16 Å². The summed E-state index contributed by atoms with van der Waals surface area (Å²) in [7, 11) is 2.94. The summed E-state index contributed by atoms with van der Waals surface area (Å²) in [6, 6.07) is 4.52. The molecule has 2 aromatic rings. The van der Waals surface area contributed by atoms with Crippen LogP contribution in [0.2, 0.25) is 5.02 Å². The lowest BCUT2D eigenvalue weighted by molar-refractivity contribution is 0.0652. The third-order valence-electron chi connectivity index (χ3n) is 2.47. The molecule has 0 bridgehead atoms. The summed E-state index contributed by atoms with van der Waals surface area (Å²) in [6.45, 7) is 0. The maximum atomic E-state index is 10.8. The normalized spacial score (nSPS) is 10.3. The van der Waals surface area contributed by atoms with E-state index >= 15 is 0 Å². The standard InChI is InChI=1S/C12H10ClNO5/c1-17-8-4-3-6(13)10(11(8)18-2)7-5-9(12(15)16)19-14-7/h3-5H,1-2H3,(H,15,16). The zero-order chi connectivity index (χ0) is 14.0. The Labute approximate surface area is 113 Å². The highest BCUT2D eigenvalue weighted by Gasteiger charge is 2.21. The van der Waals surface area contributed by atoms with Crippen molar-refractivity contribution in [1.29, 1.82) is 0 Å². The van der Waals surface area contributed by atoms with Gasteiger partial charge in [-0.25, -0.2) is 4.79 Å². The lowest BCUT2D eigenvalue weighted by atomic mass is 10.1. The van der Waals surface area contributed by atoms with Gasteiger partial charge in [0.05, 0.1) is 24.8 Å². The fraction of sp³-hybridized carbons (Fsp3) is 0.167. The average Bonchev–Trinajstić information content (AvgIpc) is 2.87. The van der Waals surface area contributed by atoms with Crippen molar-refractivity contribution in [3.63, 3.8) is 0 Å². The number of hydrogen-bond donors (Lipinski definition) is 1. The molecule has 100 valence electrons. The zero-order valence-corrected chi connectivity index (χ0v) is 10.9. The highest BCUT2D eigenvalue weighted by atomic mass is 35.5. The van der Waals surface area contributed by atoms with Gasteiger partial charge in [0.2, 0.25) is 5.76 Å². The van der Waals surface area contributed by atoms with Crippen LogP contribution in [0.5, 0.6) is 11.5 Å². The van der Waals surface area contributed by atoms with Crippen molar-refractivity contribution >= 4 is 17.6 Å². The van der Waals surface area contributed by atoms with Crippen molar-refractivity contribution in [2.24, 2.45) is 0 Å². The number of benzene rings is 1. The molecule has 0 atom stereocenters. The van der Waals surface area contributed by atoms with Crippen LogP contribution in [-0.4, -0.2) is 30.5 Å². The first-order valence-corrected chi connectivity index (χ1v) is 5.57. The van der Waals surface area contributed by atoms with Gasteiger partial charge in [-0.1, -0.05) is 16.8 Å². The number of carboxylic acid groups (broad SMARTS) is 1. The second kappa shape index (κ2) is 5.19. The average molecular weight is 284 g/mol. The summed E-state index contributed by atoms with van der Waals surface area (Å²) >= 11 is 6.10. The Morgan fingerprint density at radius 1 is 1.37 bits per heavy atom. The van der Waals surface area contributed by atoms with E-state index in [1.807, 2.05) is 0 Å². The highest BCUT2D eigenvalue weighted by molar-refractivity contribution is 6.33. The largest absolute Gasteiger partial charge is 0.493 e. The Morgan fingerprint density at radius 2 is 2.11 bits per heavy atom. The van der Waals surface area contributed by atoms with Gasteiger partial charge in [0, 0.05) is 6.07 Å². The Kier molecular flexibility index (Phi) is 3.62. The lowest BCUT2D eigenvalue weighted by Crippen LogP contribution is -1.94. The molecule has 0 aliphatic heterocycles. The van der Waals surface area contributed by atoms with Crippen LogP contribution in [0.4, 0.5) is 0 Å². The van der Waals surface area contributed by atoms with Gasteiger partial charge < -0.3 is 19.1 Å². The number of carbonyl (C=O) groups is 1. The minimum absolute atomic E-state index is 0.262. The molecule has 0 spiro atoms. The first-order chi connectivity index (χ1) is 9.08. The number of methoxy groups -OCH3 is 2. The van der Waals surface area contributed by atoms with Crippen LogP contribution in [0.3, 0.4) is 0 Å². The number of rotatable bonds is 4. The lowest BCUT2D eigenvalue weighted by Gasteiger charge is -2.12. The van der Waals surface area contributed by atoms with Crippen LogP contribution < -0.4 is 9.47 Å². The molecular weight excluding hydrogens is 274 g/mol. The summed E-state index contributed by atoms with van der Waals surface area (Å²) in [5, 5.41) is 12.8. The van der Waals surface area contributed by atoms with E-state index in [0.29, 0.717) is 22.1 Å². The van der Waals surface area contributed by atoms with Crippen molar-refractivity contribution in [2.45, 2.75) is 0 Å². The molecule has 0 fully saturated rings. The first-order valence-electron chi connectivity index (χ1n) is 5.19. The fourth-order valence-corrected chi connectivity index (χ4v) is 1.88. The molecule has 0 aliphatic rings. The molecule has 0 aliphatic carbocycles. The molecule has 0 radical (unpaired) electrons. The number of aromatic nitrogens is 1. The van der Waals surface area contributed by atoms with Crippen molar-refractivity contribution in [3.05, 3.63) is 29.0 Å². The van der Waals surface area contributed by atoms with Crippen LogP contribution in [0.1, 0.15) is 10.6 Å². The Balaban J connectivity index is 2.62. The molecule has 1 N–H and O–H groups in total. The van der Waals surface area contributed by atoms with E-state index in [0.717, 1.165) is 0 Å². The predicted molar refractivity (Wildman–Crippen MR) is 67.0 cm³/mol. The molecule has 0 amide bonds. The number of ether oxygens (including phenoxy) is 2. The second-order valence-electron chi connectivity index (χ2n) is 3.54. The van der Waals surface area contributed by atoms with Crippen LogP contribution >= 0.6 is 11.6 Å². The second-order valence-corrected chi connectivity index (χ2v) is 3.95. The number of aromatic carboxylic acids is 1. The summed E-state index contributed by atoms with van der Waals surface area (Å²) in [5.74, 6) is -0.672. The molecular formula is C12H10ClNO5. The molecule has 6 nitrogen and oxygen atoms in total. The van der Waals surface area contributed by atoms with E-state index in [-0.39, 0.29) is 11.5 Å². The van der Waals surface area contributed by atoms with Crippen LogP contribution in [0, 0.1) is 0 Å². The highest BCUT2D eigenvalue weighted by Crippen LogP contribution is 2.42. The molecule has 0 unspecified atom stereocenters. The van der Waals surface area contributed by atoms with E-state index in [9.17, 15) is 4.79 Å². The van der Waals surface area contributed by atoms with Crippen LogP contribution in [-0.2, 0) is 0 Å². The summed E-state index contributed by atoms with van der Waals surface area (Å²) in [5.41, 5.74) is 0.679. The minimum Gasteiger partial charge on any atom is -0.493 e. The first kappa shape index (κ1) is 13.2. The molecule has 0 saturated heterocycles. The van der Waals surface area contributed by atoms with Crippen molar-refractivity contribution in [2.75, 3.05) is 14.2 Å². The van der Waals surface area contributed by atoms with Gasteiger partial charge in [0.25, 0.3) is 0 Å². The number of carboxylic acids is 1. The topological polar surface area (TPSA) is 81.8 Å². The van der Waals surface area contributed by atoms with E-state index in [1.165, 1.54) is 20.3 Å². The molecule has 0 saturated carbocycles. The smallest absolute Gasteiger partial charge is 0.374 e. The van der Waals surface area contributed by atoms with Gasteiger partial charge in [-0.2, -0.15) is 0 Å². The molecule has 19 heavy (non-hydrogen) atoms. The van der Waals surface area contributed by atoms with Gasteiger partial charge in [0.15, 0.2) is 11.5 Å². The monoisotopic (exact) mass is 283 g/mol. The third-order valence-corrected chi connectivity index (χ3v) is 2.79. The maximum absolute atomic E-state index is 10.8. The van der Waals surface area contributed by atoms with E-state index < -0.39 is 5.97 Å². The van der Waals surface area contributed by atoms with Crippen molar-refractivity contribution in [3.8, 4) is 22.8 Å². The summed E-state index contributed by atoms with van der Waals surface area (Å²) in [4.78, 5) is 10.8. The molecule has 1 aromatic heterocycles. The van der Waals surface area contributed by atoms with Gasteiger partial charge in [0.1, 0.15) is 5.69 Å². The fourth-order valence-electron chi connectivity index (χ4n) is 1.64. The number of halogens is 1. The number of hydrogen-bond acceptors (Lipinski definition) is 5. The Hall–Kier alpha value is -2.21.